The van der Waals surface area contributed by atoms with E-state index in [1.165, 1.54) is 31.2 Å². The van der Waals surface area contributed by atoms with Crippen molar-refractivity contribution >= 4 is 23.2 Å². The summed E-state index contributed by atoms with van der Waals surface area (Å²) in [7, 11) is 0. The van der Waals surface area contributed by atoms with Crippen LogP contribution in [0, 0.1) is 18.6 Å². The smallest absolute Gasteiger partial charge is 0.265 e. The van der Waals surface area contributed by atoms with Gasteiger partial charge >= 0.3 is 0 Å². The normalized spacial score (nSPS) is 11.9. The number of nitrogens with one attached hydrogen (secondary N) is 1. The summed E-state index contributed by atoms with van der Waals surface area (Å²) in [6, 6.07) is 8.25. The quantitative estimate of drug-likeness (QED) is 0.908. The van der Waals surface area contributed by atoms with E-state index in [2.05, 4.69) is 5.32 Å². The standard InChI is InChI=1S/C16H14ClF2NO2/c1-9-3-6-15(14(19)7-9)20-16(21)10(2)22-11-4-5-13(18)12(17)8-11/h3-8,10H,1-2H3,(H,20,21). The van der Waals surface area contributed by atoms with E-state index in [0.717, 1.165) is 11.6 Å². The van der Waals surface area contributed by atoms with E-state index in [4.69, 9.17) is 16.3 Å². The van der Waals surface area contributed by atoms with Gasteiger partial charge in [0.2, 0.25) is 0 Å². The molecule has 6 heteroatoms. The van der Waals surface area contributed by atoms with Crippen molar-refractivity contribution in [3.05, 3.63) is 58.6 Å². The first-order valence-electron chi connectivity index (χ1n) is 6.55. The average Bonchev–Trinajstić information content (AvgIpc) is 2.45. The lowest BCUT2D eigenvalue weighted by atomic mass is 10.2. The van der Waals surface area contributed by atoms with Gasteiger partial charge in [0.1, 0.15) is 17.4 Å². The molecule has 1 N–H and O–H groups in total. The Kier molecular flexibility index (Phi) is 4.98. The van der Waals surface area contributed by atoms with Gasteiger partial charge in [0.15, 0.2) is 6.10 Å². The number of ether oxygens (including phenoxy) is 1. The van der Waals surface area contributed by atoms with Crippen LogP contribution in [0.4, 0.5) is 14.5 Å². The molecule has 116 valence electrons. The second-order valence-electron chi connectivity index (χ2n) is 4.81. The Hall–Kier alpha value is -2.14. The minimum absolute atomic E-state index is 0.0724. The Morgan fingerprint density at radius 1 is 1.18 bits per heavy atom. The summed E-state index contributed by atoms with van der Waals surface area (Å²) < 4.78 is 32.1. The first kappa shape index (κ1) is 16.2. The Balaban J connectivity index is 2.04. The van der Waals surface area contributed by atoms with E-state index in [-0.39, 0.29) is 16.5 Å². The second-order valence-corrected chi connectivity index (χ2v) is 5.22. The second kappa shape index (κ2) is 6.75. The van der Waals surface area contributed by atoms with Crippen LogP contribution in [0.5, 0.6) is 5.75 Å². The van der Waals surface area contributed by atoms with Crippen LogP contribution in [0.15, 0.2) is 36.4 Å². The van der Waals surface area contributed by atoms with Gasteiger partial charge in [0.05, 0.1) is 10.7 Å². The van der Waals surface area contributed by atoms with Crippen LogP contribution < -0.4 is 10.1 Å². The fraction of sp³-hybridized carbons (Fsp3) is 0.188. The molecule has 1 amide bonds. The maximum Gasteiger partial charge on any atom is 0.265 e. The van der Waals surface area contributed by atoms with E-state index >= 15 is 0 Å². The van der Waals surface area contributed by atoms with Gasteiger partial charge in [-0.15, -0.1) is 0 Å². The van der Waals surface area contributed by atoms with Crippen LogP contribution in [0.2, 0.25) is 5.02 Å². The highest BCUT2D eigenvalue weighted by atomic mass is 35.5. The van der Waals surface area contributed by atoms with E-state index in [9.17, 15) is 13.6 Å². The fourth-order valence-corrected chi connectivity index (χ4v) is 1.93. The van der Waals surface area contributed by atoms with Crippen molar-refractivity contribution in [2.45, 2.75) is 20.0 Å². The molecule has 0 aromatic heterocycles. The number of aryl methyl sites for hydroxylation is 1. The fourth-order valence-electron chi connectivity index (χ4n) is 1.76. The van der Waals surface area contributed by atoms with Crippen LogP contribution in [-0.4, -0.2) is 12.0 Å². The molecule has 1 atom stereocenters. The van der Waals surface area contributed by atoms with Crippen LogP contribution in [-0.2, 0) is 4.79 Å². The molecule has 0 aliphatic rings. The molecular formula is C16H14ClF2NO2. The largest absolute Gasteiger partial charge is 0.481 e. The molecule has 0 fully saturated rings. The van der Waals surface area contributed by atoms with Crippen LogP contribution in [0.25, 0.3) is 0 Å². The lowest BCUT2D eigenvalue weighted by Crippen LogP contribution is -2.30. The number of halogens is 3. The van der Waals surface area contributed by atoms with Crippen molar-refractivity contribution in [3.8, 4) is 5.75 Å². The monoisotopic (exact) mass is 325 g/mol. The van der Waals surface area contributed by atoms with Crippen LogP contribution >= 0.6 is 11.6 Å². The molecule has 0 radical (unpaired) electrons. The van der Waals surface area contributed by atoms with Gasteiger partial charge in [-0.05, 0) is 43.7 Å². The summed E-state index contributed by atoms with van der Waals surface area (Å²) in [4.78, 5) is 12.0. The number of benzene rings is 2. The zero-order chi connectivity index (χ0) is 16.3. The SMILES string of the molecule is Cc1ccc(NC(=O)C(C)Oc2ccc(F)c(Cl)c2)c(F)c1. The Morgan fingerprint density at radius 3 is 2.55 bits per heavy atom. The molecule has 0 saturated carbocycles. The van der Waals surface area contributed by atoms with Crippen LogP contribution in [0.1, 0.15) is 12.5 Å². The predicted molar refractivity (Wildman–Crippen MR) is 81.3 cm³/mol. The number of carbonyl (C=O) groups excluding carboxylic acids is 1. The Morgan fingerprint density at radius 2 is 1.91 bits per heavy atom. The number of hydrogen-bond donors (Lipinski definition) is 1. The molecule has 2 rings (SSSR count). The predicted octanol–water partition coefficient (Wildman–Crippen LogP) is 4.33. The average molecular weight is 326 g/mol. The molecule has 0 heterocycles. The van der Waals surface area contributed by atoms with Gasteiger partial charge in [-0.2, -0.15) is 0 Å². The Bertz CT molecular complexity index is 707. The molecule has 2 aromatic rings. The van der Waals surface area contributed by atoms with E-state index < -0.39 is 23.6 Å². The highest BCUT2D eigenvalue weighted by Crippen LogP contribution is 2.22. The maximum atomic E-state index is 13.7. The molecule has 3 nitrogen and oxygen atoms in total. The summed E-state index contributed by atoms with van der Waals surface area (Å²) in [5.74, 6) is -1.38. The molecule has 0 spiro atoms. The van der Waals surface area contributed by atoms with Gasteiger partial charge in [0, 0.05) is 6.07 Å². The molecule has 0 aliphatic carbocycles. The van der Waals surface area contributed by atoms with Gasteiger partial charge in [0.25, 0.3) is 5.91 Å². The van der Waals surface area contributed by atoms with Crippen molar-refractivity contribution in [3.63, 3.8) is 0 Å². The lowest BCUT2D eigenvalue weighted by molar-refractivity contribution is -0.122. The molecular weight excluding hydrogens is 312 g/mol. The van der Waals surface area contributed by atoms with Gasteiger partial charge < -0.3 is 10.1 Å². The third kappa shape index (κ3) is 3.95. The zero-order valence-electron chi connectivity index (χ0n) is 12.0. The summed E-state index contributed by atoms with van der Waals surface area (Å²) in [6.07, 6.45) is -0.901. The Labute approximate surface area is 131 Å². The van der Waals surface area contributed by atoms with Crippen LogP contribution in [0.3, 0.4) is 0 Å². The molecule has 22 heavy (non-hydrogen) atoms. The lowest BCUT2D eigenvalue weighted by Gasteiger charge is -2.15. The molecule has 0 bridgehead atoms. The molecule has 1 unspecified atom stereocenters. The molecule has 0 saturated heterocycles. The summed E-state index contributed by atoms with van der Waals surface area (Å²) in [5.41, 5.74) is 0.823. The highest BCUT2D eigenvalue weighted by molar-refractivity contribution is 6.30. The number of rotatable bonds is 4. The van der Waals surface area contributed by atoms with Gasteiger partial charge in [-0.1, -0.05) is 17.7 Å². The number of carbonyl (C=O) groups is 1. The highest BCUT2D eigenvalue weighted by Gasteiger charge is 2.17. The first-order valence-corrected chi connectivity index (χ1v) is 6.93. The van der Waals surface area contributed by atoms with Crippen molar-refractivity contribution in [2.75, 3.05) is 5.32 Å². The minimum Gasteiger partial charge on any atom is -0.481 e. The first-order chi connectivity index (χ1) is 10.4. The third-order valence-electron chi connectivity index (χ3n) is 2.96. The number of amides is 1. The van der Waals surface area contributed by atoms with E-state index in [1.54, 1.807) is 13.0 Å². The summed E-state index contributed by atoms with van der Waals surface area (Å²) in [6.45, 7) is 3.25. The molecule has 0 aliphatic heterocycles. The van der Waals surface area contributed by atoms with E-state index in [1.807, 2.05) is 0 Å². The number of anilines is 1. The van der Waals surface area contributed by atoms with Gasteiger partial charge in [-0.3, -0.25) is 4.79 Å². The maximum absolute atomic E-state index is 13.7. The van der Waals surface area contributed by atoms with Gasteiger partial charge in [-0.25, -0.2) is 8.78 Å². The summed E-state index contributed by atoms with van der Waals surface area (Å²) >= 11 is 5.64. The minimum atomic E-state index is -0.901. The van der Waals surface area contributed by atoms with Crippen molar-refractivity contribution in [2.24, 2.45) is 0 Å². The van der Waals surface area contributed by atoms with Crippen molar-refractivity contribution in [1.29, 1.82) is 0 Å². The van der Waals surface area contributed by atoms with E-state index in [0.29, 0.717) is 0 Å². The zero-order valence-corrected chi connectivity index (χ0v) is 12.7. The van der Waals surface area contributed by atoms with Crippen molar-refractivity contribution < 1.29 is 18.3 Å². The third-order valence-corrected chi connectivity index (χ3v) is 3.25. The topological polar surface area (TPSA) is 38.3 Å². The summed E-state index contributed by atoms with van der Waals surface area (Å²) in [5, 5.41) is 2.34. The molecule has 2 aromatic carbocycles. The van der Waals surface area contributed by atoms with Crippen molar-refractivity contribution in [1.82, 2.24) is 0 Å². The number of hydrogen-bond acceptors (Lipinski definition) is 2.